The van der Waals surface area contributed by atoms with E-state index >= 15 is 0 Å². The molecule has 8 nitrogen and oxygen atoms in total. The van der Waals surface area contributed by atoms with E-state index in [1.165, 1.54) is 0 Å². The number of rotatable bonds is 4. The van der Waals surface area contributed by atoms with Crippen LogP contribution in [0.3, 0.4) is 0 Å². The van der Waals surface area contributed by atoms with Gasteiger partial charge in [-0.1, -0.05) is 5.16 Å². The molecule has 158 valence electrons. The van der Waals surface area contributed by atoms with Crippen LogP contribution >= 0.6 is 0 Å². The van der Waals surface area contributed by atoms with Gasteiger partial charge in [0.2, 0.25) is 0 Å². The number of ether oxygens (including phenoxy) is 1. The lowest BCUT2D eigenvalue weighted by atomic mass is 9.76. The fourth-order valence-corrected chi connectivity index (χ4v) is 4.89. The van der Waals surface area contributed by atoms with Crippen LogP contribution in [0, 0.1) is 17.2 Å². The molecule has 3 aliphatic rings. The van der Waals surface area contributed by atoms with Gasteiger partial charge in [-0.3, -0.25) is 0 Å². The topological polar surface area (TPSA) is 97.4 Å². The Kier molecular flexibility index (Phi) is 5.07. The summed E-state index contributed by atoms with van der Waals surface area (Å²) in [5, 5.41) is 23.0. The average molecular weight is 409 g/mol. The highest BCUT2D eigenvalue weighted by Gasteiger charge is 2.43. The summed E-state index contributed by atoms with van der Waals surface area (Å²) in [5.74, 6) is 0.145. The smallest absolute Gasteiger partial charge is 0.159 e. The van der Waals surface area contributed by atoms with Crippen molar-refractivity contribution >= 4 is 22.4 Å². The standard InChI is InChI=1S/C22H28N6O2/c1-2-28-21-18(14-25-28)20(26-16-5-9-29-10-6-16)17(13-24-21)19-11-22(30-27-19)7-3-15(12-23)4-8-22/h13-16H,2-11H2,1H3,(H,24,26). The van der Waals surface area contributed by atoms with E-state index < -0.39 is 0 Å². The number of nitrogens with one attached hydrogen (secondary N) is 1. The van der Waals surface area contributed by atoms with Gasteiger partial charge in [0.05, 0.1) is 29.1 Å². The van der Waals surface area contributed by atoms with Gasteiger partial charge in [-0.25, -0.2) is 9.67 Å². The van der Waals surface area contributed by atoms with Crippen LogP contribution in [0.4, 0.5) is 5.69 Å². The van der Waals surface area contributed by atoms with E-state index in [0.717, 1.165) is 92.7 Å². The monoisotopic (exact) mass is 408 g/mol. The summed E-state index contributed by atoms with van der Waals surface area (Å²) < 4.78 is 7.46. The highest BCUT2D eigenvalue weighted by Crippen LogP contribution is 2.42. The Bertz CT molecular complexity index is 993. The SMILES string of the molecule is CCn1ncc2c(NC3CCOCC3)c(C3=NOC4(CCC(C#N)CC4)C3)cnc21. The summed E-state index contributed by atoms with van der Waals surface area (Å²) in [5.41, 5.74) is 3.63. The summed E-state index contributed by atoms with van der Waals surface area (Å²) in [6.45, 7) is 4.41. The largest absolute Gasteiger partial charge is 0.389 e. The number of aryl methyl sites for hydroxylation is 1. The van der Waals surface area contributed by atoms with E-state index in [2.05, 4.69) is 28.6 Å². The highest BCUT2D eigenvalue weighted by atomic mass is 16.7. The zero-order valence-corrected chi connectivity index (χ0v) is 17.4. The van der Waals surface area contributed by atoms with Crippen LogP contribution < -0.4 is 5.32 Å². The molecule has 0 amide bonds. The molecule has 0 aromatic carbocycles. The first-order valence-electron chi connectivity index (χ1n) is 11.1. The Balaban J connectivity index is 1.46. The Morgan fingerprint density at radius 3 is 2.77 bits per heavy atom. The normalized spacial score (nSPS) is 27.1. The summed E-state index contributed by atoms with van der Waals surface area (Å²) in [7, 11) is 0. The lowest BCUT2D eigenvalue weighted by Crippen LogP contribution is -2.34. The molecule has 1 N–H and O–H groups in total. The van der Waals surface area contributed by atoms with Crippen molar-refractivity contribution in [1.82, 2.24) is 14.8 Å². The minimum atomic E-state index is -0.263. The quantitative estimate of drug-likeness (QED) is 0.830. The lowest BCUT2D eigenvalue weighted by Gasteiger charge is -2.32. The number of hydrogen-bond acceptors (Lipinski definition) is 7. The minimum Gasteiger partial charge on any atom is -0.389 e. The van der Waals surface area contributed by atoms with Crippen LogP contribution in [0.1, 0.15) is 57.4 Å². The van der Waals surface area contributed by atoms with Crippen molar-refractivity contribution in [2.24, 2.45) is 11.1 Å². The van der Waals surface area contributed by atoms with E-state index in [9.17, 15) is 5.26 Å². The summed E-state index contributed by atoms with van der Waals surface area (Å²) in [4.78, 5) is 10.7. The maximum absolute atomic E-state index is 9.21. The maximum Gasteiger partial charge on any atom is 0.159 e. The first-order valence-corrected chi connectivity index (χ1v) is 11.1. The zero-order valence-electron chi connectivity index (χ0n) is 17.4. The minimum absolute atomic E-state index is 0.145. The summed E-state index contributed by atoms with van der Waals surface area (Å²) in [6, 6.07) is 2.76. The molecule has 1 spiro atoms. The number of nitriles is 1. The van der Waals surface area contributed by atoms with Crippen LogP contribution in [-0.2, 0) is 16.1 Å². The first kappa shape index (κ1) is 19.3. The molecular weight excluding hydrogens is 380 g/mol. The summed E-state index contributed by atoms with van der Waals surface area (Å²) in [6.07, 6.45) is 10.1. The van der Waals surface area contributed by atoms with Gasteiger partial charge in [0.15, 0.2) is 5.65 Å². The Morgan fingerprint density at radius 1 is 1.23 bits per heavy atom. The molecule has 1 saturated heterocycles. The number of aromatic nitrogens is 3. The lowest BCUT2D eigenvalue weighted by molar-refractivity contribution is -0.0501. The fraction of sp³-hybridized carbons (Fsp3) is 0.636. The van der Waals surface area contributed by atoms with E-state index in [-0.39, 0.29) is 11.5 Å². The number of fused-ring (bicyclic) bond motifs is 1. The van der Waals surface area contributed by atoms with Gasteiger partial charge >= 0.3 is 0 Å². The molecule has 30 heavy (non-hydrogen) atoms. The van der Waals surface area contributed by atoms with Crippen molar-refractivity contribution in [2.75, 3.05) is 18.5 Å². The van der Waals surface area contributed by atoms with Gasteiger partial charge in [-0.15, -0.1) is 0 Å². The average Bonchev–Trinajstić information content (AvgIpc) is 3.40. The summed E-state index contributed by atoms with van der Waals surface area (Å²) >= 11 is 0. The van der Waals surface area contributed by atoms with E-state index in [0.29, 0.717) is 6.04 Å². The molecule has 2 aliphatic heterocycles. The number of pyridine rings is 1. The molecule has 1 aliphatic carbocycles. The van der Waals surface area contributed by atoms with Crippen molar-refractivity contribution in [1.29, 1.82) is 5.26 Å². The molecule has 1 saturated carbocycles. The number of nitrogens with zero attached hydrogens (tertiary/aromatic N) is 5. The van der Waals surface area contributed by atoms with Crippen molar-refractivity contribution < 1.29 is 9.57 Å². The van der Waals surface area contributed by atoms with Gasteiger partial charge in [0, 0.05) is 49.9 Å². The van der Waals surface area contributed by atoms with Crippen molar-refractivity contribution in [2.45, 2.75) is 70.1 Å². The predicted molar refractivity (Wildman–Crippen MR) is 113 cm³/mol. The van der Waals surface area contributed by atoms with Gasteiger partial charge in [0.25, 0.3) is 0 Å². The van der Waals surface area contributed by atoms with Gasteiger partial charge in [0.1, 0.15) is 5.60 Å². The molecule has 0 radical (unpaired) electrons. The molecule has 0 atom stereocenters. The van der Waals surface area contributed by atoms with Crippen molar-refractivity contribution in [3.05, 3.63) is 18.0 Å². The maximum atomic E-state index is 9.21. The van der Waals surface area contributed by atoms with Crippen molar-refractivity contribution in [3.63, 3.8) is 0 Å². The van der Waals surface area contributed by atoms with E-state index in [4.69, 9.17) is 14.6 Å². The van der Waals surface area contributed by atoms with Gasteiger partial charge in [-0.2, -0.15) is 10.4 Å². The molecule has 8 heteroatoms. The van der Waals surface area contributed by atoms with Crippen LogP contribution in [0.15, 0.2) is 17.5 Å². The van der Waals surface area contributed by atoms with Crippen LogP contribution in [-0.4, -0.2) is 45.3 Å². The first-order chi connectivity index (χ1) is 14.7. The molecule has 0 bridgehead atoms. The van der Waals surface area contributed by atoms with Crippen LogP contribution in [0.2, 0.25) is 0 Å². The molecule has 2 fully saturated rings. The molecular formula is C22H28N6O2. The Morgan fingerprint density at radius 2 is 2.03 bits per heavy atom. The van der Waals surface area contributed by atoms with Gasteiger partial charge < -0.3 is 14.9 Å². The van der Waals surface area contributed by atoms with E-state index in [1.54, 1.807) is 0 Å². The molecule has 4 heterocycles. The van der Waals surface area contributed by atoms with Crippen LogP contribution in [0.25, 0.3) is 11.0 Å². The third kappa shape index (κ3) is 3.41. The number of hydrogen-bond donors (Lipinski definition) is 1. The Hall–Kier alpha value is -2.66. The zero-order chi connectivity index (χ0) is 20.6. The second-order valence-corrected chi connectivity index (χ2v) is 8.67. The highest BCUT2D eigenvalue weighted by molar-refractivity contribution is 6.10. The van der Waals surface area contributed by atoms with E-state index in [1.807, 2.05) is 17.1 Å². The second-order valence-electron chi connectivity index (χ2n) is 8.67. The Labute approximate surface area is 176 Å². The number of oxime groups is 1. The van der Waals surface area contributed by atoms with Crippen LogP contribution in [0.5, 0.6) is 0 Å². The third-order valence-electron chi connectivity index (χ3n) is 6.76. The third-order valence-corrected chi connectivity index (χ3v) is 6.76. The van der Waals surface area contributed by atoms with Gasteiger partial charge in [-0.05, 0) is 45.4 Å². The molecule has 2 aromatic rings. The molecule has 2 aromatic heterocycles. The second kappa shape index (κ2) is 7.88. The molecule has 0 unspecified atom stereocenters. The predicted octanol–water partition coefficient (Wildman–Crippen LogP) is 3.62. The molecule has 5 rings (SSSR count). The number of anilines is 1. The fourth-order valence-electron chi connectivity index (χ4n) is 4.89. The van der Waals surface area contributed by atoms with Crippen molar-refractivity contribution in [3.8, 4) is 6.07 Å².